The first-order valence-electron chi connectivity index (χ1n) is 12.7. The van der Waals surface area contributed by atoms with Crippen molar-refractivity contribution in [1.29, 1.82) is 5.26 Å². The minimum Gasteiger partial charge on any atom is -0.375 e. The van der Waals surface area contributed by atoms with E-state index in [4.69, 9.17) is 24.4 Å². The molecule has 0 saturated carbocycles. The van der Waals surface area contributed by atoms with Crippen LogP contribution in [0.25, 0.3) is 0 Å². The molecule has 1 rings (SSSR count). The molecule has 196 valence electrons. The van der Waals surface area contributed by atoms with E-state index in [0.717, 1.165) is 28.5 Å². The highest BCUT2D eigenvalue weighted by Gasteiger charge is 2.30. The number of halogens is 3. The molecule has 0 aliphatic carbocycles. The van der Waals surface area contributed by atoms with Crippen LogP contribution in [0.5, 0.6) is 0 Å². The lowest BCUT2D eigenvalue weighted by atomic mass is 9.98. The van der Waals surface area contributed by atoms with E-state index in [1.54, 1.807) is 11.8 Å². The smallest absolute Gasteiger partial charge is 0.375 e. The van der Waals surface area contributed by atoms with Gasteiger partial charge in [0.15, 0.2) is 0 Å². The lowest BCUT2D eigenvalue weighted by Crippen LogP contribution is -2.33. The molecular weight excluding hydrogens is 506 g/mol. The van der Waals surface area contributed by atoms with Crippen molar-refractivity contribution >= 4 is 45.4 Å². The Hall–Kier alpha value is -1.17. The van der Waals surface area contributed by atoms with Gasteiger partial charge in [-0.05, 0) is 43.2 Å². The van der Waals surface area contributed by atoms with Crippen molar-refractivity contribution in [2.45, 2.75) is 97.2 Å². The fraction of sp³-hybridized carbons (Fsp3) is 0.667. The molecule has 1 N–H and O–H groups in total. The number of hydrogen-bond acceptors (Lipinski definition) is 4. The molecule has 0 fully saturated rings. The first-order chi connectivity index (χ1) is 16.7. The van der Waals surface area contributed by atoms with Crippen LogP contribution >= 0.6 is 36.2 Å². The van der Waals surface area contributed by atoms with Crippen LogP contribution in [-0.2, 0) is 12.7 Å². The van der Waals surface area contributed by atoms with Gasteiger partial charge in [0.05, 0.1) is 26.7 Å². The van der Waals surface area contributed by atoms with E-state index in [1.165, 1.54) is 69.9 Å². The van der Waals surface area contributed by atoms with Gasteiger partial charge in [-0.3, -0.25) is 0 Å². The second kappa shape index (κ2) is 18.1. The SMILES string of the molecule is CCCCCCCCCCCCSC(=S)C(CC(C)C#N)C(=S)NCc1ccc(C(F)(F)F)cc1. The van der Waals surface area contributed by atoms with Crippen molar-refractivity contribution in [3.63, 3.8) is 0 Å². The summed E-state index contributed by atoms with van der Waals surface area (Å²) in [5.74, 6) is 0.535. The van der Waals surface area contributed by atoms with Crippen molar-refractivity contribution in [3.05, 3.63) is 35.4 Å². The van der Waals surface area contributed by atoms with E-state index in [1.807, 2.05) is 6.92 Å². The van der Waals surface area contributed by atoms with Crippen LogP contribution in [0.1, 0.15) is 95.6 Å². The molecule has 1 aromatic carbocycles. The molecule has 2 atom stereocenters. The van der Waals surface area contributed by atoms with Crippen LogP contribution in [0, 0.1) is 23.2 Å². The van der Waals surface area contributed by atoms with Gasteiger partial charge in [-0.1, -0.05) is 101 Å². The van der Waals surface area contributed by atoms with E-state index in [9.17, 15) is 18.4 Å². The monoisotopic (exact) mass is 544 g/mol. The third kappa shape index (κ3) is 14.2. The Kier molecular flexibility index (Phi) is 16.5. The number of hydrogen-bond donors (Lipinski definition) is 1. The summed E-state index contributed by atoms with van der Waals surface area (Å²) in [6.07, 6.45) is 9.05. The number of nitriles is 1. The number of unbranched alkanes of at least 4 members (excludes halogenated alkanes) is 9. The molecule has 35 heavy (non-hydrogen) atoms. The summed E-state index contributed by atoms with van der Waals surface area (Å²) in [7, 11) is 0. The molecule has 0 saturated heterocycles. The fourth-order valence-electron chi connectivity index (χ4n) is 3.70. The van der Waals surface area contributed by atoms with Gasteiger partial charge in [-0.25, -0.2) is 0 Å². The number of nitrogens with zero attached hydrogens (tertiary/aromatic N) is 1. The topological polar surface area (TPSA) is 35.8 Å². The van der Waals surface area contributed by atoms with Gasteiger partial charge in [-0.2, -0.15) is 18.4 Å². The molecular formula is C27H39F3N2S3. The Balaban J connectivity index is 2.42. The molecule has 0 aromatic heterocycles. The third-order valence-electron chi connectivity index (χ3n) is 5.90. The maximum absolute atomic E-state index is 12.8. The van der Waals surface area contributed by atoms with E-state index < -0.39 is 11.7 Å². The zero-order chi connectivity index (χ0) is 26.1. The van der Waals surface area contributed by atoms with Crippen LogP contribution in [0.4, 0.5) is 13.2 Å². The second-order valence-electron chi connectivity index (χ2n) is 9.08. The van der Waals surface area contributed by atoms with E-state index >= 15 is 0 Å². The molecule has 0 heterocycles. The average molecular weight is 545 g/mol. The van der Waals surface area contributed by atoms with E-state index in [0.29, 0.717) is 23.5 Å². The van der Waals surface area contributed by atoms with Gasteiger partial charge in [0, 0.05) is 12.5 Å². The lowest BCUT2D eigenvalue weighted by Gasteiger charge is -2.21. The maximum atomic E-state index is 12.8. The summed E-state index contributed by atoms with van der Waals surface area (Å²) in [4.78, 5) is 0.549. The van der Waals surface area contributed by atoms with Crippen molar-refractivity contribution in [1.82, 2.24) is 5.32 Å². The van der Waals surface area contributed by atoms with Crippen LogP contribution < -0.4 is 5.32 Å². The zero-order valence-electron chi connectivity index (χ0n) is 21.0. The van der Waals surface area contributed by atoms with Gasteiger partial charge in [0.2, 0.25) is 0 Å². The quantitative estimate of drug-likeness (QED) is 0.156. The summed E-state index contributed by atoms with van der Waals surface area (Å²) in [5.41, 5.74) is 0.0328. The predicted molar refractivity (Wildman–Crippen MR) is 151 cm³/mol. The number of thiocarbonyl (C=S) groups is 2. The number of benzene rings is 1. The second-order valence-corrected chi connectivity index (χ2v) is 11.4. The molecule has 2 unspecified atom stereocenters. The van der Waals surface area contributed by atoms with Crippen molar-refractivity contribution in [2.24, 2.45) is 11.8 Å². The maximum Gasteiger partial charge on any atom is 0.416 e. The molecule has 0 radical (unpaired) electrons. The Morgan fingerprint density at radius 2 is 1.51 bits per heavy atom. The first-order valence-corrected chi connectivity index (χ1v) is 14.5. The number of thioether (sulfide) groups is 1. The summed E-state index contributed by atoms with van der Waals surface area (Å²) in [6, 6.07) is 7.29. The molecule has 0 amide bonds. The molecule has 0 bridgehead atoms. The number of rotatable bonds is 17. The standard InChI is InChI=1S/C27H39F3N2S3/c1-3-4-5-6-7-8-9-10-11-12-17-35-26(34)24(18-21(2)19-31)25(33)32-20-22-13-15-23(16-14-22)27(28,29)30/h13-16,21,24H,3-12,17-18,20H2,1-2H3,(H,32,33). The molecule has 8 heteroatoms. The Morgan fingerprint density at radius 3 is 2.03 bits per heavy atom. The summed E-state index contributed by atoms with van der Waals surface area (Å²) < 4.78 is 39.1. The number of nitrogens with one attached hydrogen (secondary N) is 1. The van der Waals surface area contributed by atoms with Crippen LogP contribution in [0.15, 0.2) is 24.3 Å². The minimum atomic E-state index is -4.35. The zero-order valence-corrected chi connectivity index (χ0v) is 23.4. The number of alkyl halides is 3. The molecule has 1 aromatic rings. The highest BCUT2D eigenvalue weighted by atomic mass is 32.2. The fourth-order valence-corrected chi connectivity index (χ4v) is 5.57. The summed E-state index contributed by atoms with van der Waals surface area (Å²) in [6.45, 7) is 4.41. The van der Waals surface area contributed by atoms with Gasteiger partial charge in [0.25, 0.3) is 0 Å². The normalized spacial score (nSPS) is 13.1. The lowest BCUT2D eigenvalue weighted by molar-refractivity contribution is -0.137. The van der Waals surface area contributed by atoms with Crippen molar-refractivity contribution in [3.8, 4) is 6.07 Å². The van der Waals surface area contributed by atoms with Crippen molar-refractivity contribution in [2.75, 3.05) is 5.75 Å². The molecule has 2 nitrogen and oxygen atoms in total. The highest BCUT2D eigenvalue weighted by molar-refractivity contribution is 8.23. The van der Waals surface area contributed by atoms with E-state index in [-0.39, 0.29) is 11.8 Å². The van der Waals surface area contributed by atoms with Crippen LogP contribution in [0.2, 0.25) is 0 Å². The predicted octanol–water partition coefficient (Wildman–Crippen LogP) is 9.27. The molecule has 0 aliphatic heterocycles. The van der Waals surface area contributed by atoms with Crippen LogP contribution in [0.3, 0.4) is 0 Å². The Labute approximate surface area is 224 Å². The first kappa shape index (κ1) is 31.9. The van der Waals surface area contributed by atoms with Gasteiger partial charge < -0.3 is 5.32 Å². The average Bonchev–Trinajstić information content (AvgIpc) is 2.83. The summed E-state index contributed by atoms with van der Waals surface area (Å²) in [5, 5.41) is 12.4. The largest absolute Gasteiger partial charge is 0.416 e. The minimum absolute atomic E-state index is 0.193. The van der Waals surface area contributed by atoms with E-state index in [2.05, 4.69) is 18.3 Å². The van der Waals surface area contributed by atoms with Gasteiger partial charge >= 0.3 is 6.18 Å². The molecule has 0 spiro atoms. The third-order valence-corrected chi connectivity index (χ3v) is 8.03. The Morgan fingerprint density at radius 1 is 0.971 bits per heavy atom. The highest BCUT2D eigenvalue weighted by Crippen LogP contribution is 2.29. The van der Waals surface area contributed by atoms with Crippen LogP contribution in [-0.4, -0.2) is 14.9 Å². The van der Waals surface area contributed by atoms with Gasteiger partial charge in [0.1, 0.15) is 0 Å². The Bertz CT molecular complexity index is 788. The summed E-state index contributed by atoms with van der Waals surface area (Å²) >= 11 is 12.9. The van der Waals surface area contributed by atoms with Crippen molar-refractivity contribution < 1.29 is 13.2 Å². The van der Waals surface area contributed by atoms with Gasteiger partial charge in [-0.15, -0.1) is 11.8 Å². The molecule has 0 aliphatic rings.